The standard InChI is InChI=1S/C33H46N2.2C26H53.Ni/c1-6-10-14-26-19-27(15-11-7-2)22-30(21-26)32-18-25(5)33(35(32)34)31-23-28(16-12-8-3)20-29(24-31)17-13-9-4;2*1-3-5-7-9-11-13-15-17-19-21-23-25-26-24-22-20-18-16-14-12-10-8-6-4-2;/h18-24H,6-17H2,1-5H3;2*1,3-26H2,2H3;/q;2*-1;+2. The Hall–Kier alpha value is -1.99. The van der Waals surface area contributed by atoms with Gasteiger partial charge in [-0.2, -0.15) is 12.8 Å². The first-order valence-electron chi connectivity index (χ1n) is 39.6. The zero-order chi connectivity index (χ0) is 63.1. The van der Waals surface area contributed by atoms with Crippen molar-refractivity contribution in [1.29, 1.82) is 0 Å². The molecule has 1 heterocycles. The molecular weight excluding hydrogens is 1110 g/mol. The SMILES string of the molecule is CCCCc1cc(CCCC)cc(C2=CC(C)=C(c3cc(CCCC)cc(CCCC)c3)[N+]2=[N-])c1.[CH2-]CCCCCCCCCCCCCCCCCCCCCCCCC.[CH2-]CCCCCCCCCCCCCCCCCCCCCCCCC.[Ni+2]. The predicted octanol–water partition coefficient (Wildman–Crippen LogP) is 30.3. The summed E-state index contributed by atoms with van der Waals surface area (Å²) >= 11 is 0. The Kier molecular flexibility index (Phi) is 65.0. The van der Waals surface area contributed by atoms with Crippen molar-refractivity contribution in [3.63, 3.8) is 0 Å². The molecule has 0 aromatic heterocycles. The van der Waals surface area contributed by atoms with E-state index < -0.39 is 0 Å². The van der Waals surface area contributed by atoms with Crippen molar-refractivity contribution in [3.05, 3.63) is 101 Å². The van der Waals surface area contributed by atoms with Crippen molar-refractivity contribution >= 4 is 11.4 Å². The molecule has 1 aliphatic heterocycles. The van der Waals surface area contributed by atoms with Crippen LogP contribution in [0.2, 0.25) is 0 Å². The third-order valence-corrected chi connectivity index (χ3v) is 18.8. The molecule has 0 N–H and O–H groups in total. The van der Waals surface area contributed by atoms with Gasteiger partial charge in [-0.3, -0.25) is 0 Å². The Morgan fingerprint density at radius 1 is 0.273 bits per heavy atom. The fraction of sp³-hybridized carbons (Fsp3) is 0.788. The van der Waals surface area contributed by atoms with Crippen LogP contribution in [0.25, 0.3) is 16.9 Å². The van der Waals surface area contributed by atoms with Gasteiger partial charge in [0.05, 0.1) is 0 Å². The van der Waals surface area contributed by atoms with Gasteiger partial charge in [-0.1, -0.05) is 375 Å². The molecule has 0 saturated heterocycles. The van der Waals surface area contributed by atoms with Gasteiger partial charge in [0.1, 0.15) is 0 Å². The number of unbranched alkanes of at least 4 members (excludes halogenated alkanes) is 50. The van der Waals surface area contributed by atoms with E-state index in [1.54, 1.807) is 0 Å². The van der Waals surface area contributed by atoms with Crippen LogP contribution in [0, 0.1) is 13.8 Å². The van der Waals surface area contributed by atoms with Crippen molar-refractivity contribution in [1.82, 2.24) is 0 Å². The monoisotopic (exact) mass is 1260 g/mol. The average molecular weight is 1260 g/mol. The molecule has 3 heteroatoms. The van der Waals surface area contributed by atoms with Crippen LogP contribution >= 0.6 is 0 Å². The molecule has 0 saturated carbocycles. The van der Waals surface area contributed by atoms with Gasteiger partial charge in [-0.25, -0.2) is 4.70 Å². The Labute approximate surface area is 563 Å². The molecule has 3 rings (SSSR count). The van der Waals surface area contributed by atoms with E-state index >= 15 is 0 Å². The molecule has 0 atom stereocenters. The summed E-state index contributed by atoms with van der Waals surface area (Å²) in [5.74, 6) is 0. The Bertz CT molecular complexity index is 1720. The van der Waals surface area contributed by atoms with Crippen molar-refractivity contribution in [3.8, 4) is 0 Å². The maximum Gasteiger partial charge on any atom is 2.00 e. The molecule has 0 bridgehead atoms. The molecule has 2 nitrogen and oxygen atoms in total. The summed E-state index contributed by atoms with van der Waals surface area (Å²) in [7, 11) is 0. The summed E-state index contributed by atoms with van der Waals surface area (Å²) in [5.41, 5.74) is 22.3. The predicted molar refractivity (Wildman–Crippen MR) is 395 cm³/mol. The van der Waals surface area contributed by atoms with Gasteiger partial charge in [0, 0.05) is 22.8 Å². The molecule has 0 fully saturated rings. The maximum absolute atomic E-state index is 11.5. The molecule has 0 amide bonds. The van der Waals surface area contributed by atoms with E-state index in [-0.39, 0.29) is 16.5 Å². The first-order valence-corrected chi connectivity index (χ1v) is 39.6. The quantitative estimate of drug-likeness (QED) is 0.0273. The van der Waals surface area contributed by atoms with Gasteiger partial charge in [0.2, 0.25) is 11.4 Å². The first-order chi connectivity index (χ1) is 42.8. The first kappa shape index (κ1) is 86.0. The third-order valence-electron chi connectivity index (χ3n) is 18.8. The normalized spacial score (nSPS) is 12.1. The summed E-state index contributed by atoms with van der Waals surface area (Å²) in [6.45, 7) is 23.6. The summed E-state index contributed by atoms with van der Waals surface area (Å²) < 4.78 is 1.46. The number of hydrogen-bond acceptors (Lipinski definition) is 0. The second kappa shape index (κ2) is 66.5. The molecule has 1 aliphatic rings. The second-order valence-corrected chi connectivity index (χ2v) is 27.6. The van der Waals surface area contributed by atoms with Crippen molar-refractivity contribution in [2.24, 2.45) is 0 Å². The molecule has 0 spiro atoms. The molecule has 0 radical (unpaired) electrons. The minimum Gasteiger partial charge on any atom is -0.493 e. The Balaban J connectivity index is 0.00000131. The van der Waals surface area contributed by atoms with Crippen molar-refractivity contribution in [2.75, 3.05) is 0 Å². The van der Waals surface area contributed by atoms with Crippen LogP contribution < -0.4 is 0 Å². The van der Waals surface area contributed by atoms with Crippen molar-refractivity contribution in [2.45, 2.75) is 434 Å². The van der Waals surface area contributed by atoms with Gasteiger partial charge >= 0.3 is 16.5 Å². The molecule has 0 unspecified atom stereocenters. The van der Waals surface area contributed by atoms with Gasteiger partial charge in [0.15, 0.2) is 0 Å². The molecule has 2 aromatic rings. The number of benzene rings is 2. The van der Waals surface area contributed by atoms with Crippen LogP contribution in [0.1, 0.15) is 441 Å². The minimum atomic E-state index is 0. The van der Waals surface area contributed by atoms with Gasteiger partial charge < -0.3 is 19.4 Å². The van der Waals surface area contributed by atoms with E-state index in [0.29, 0.717) is 0 Å². The molecule has 2 aromatic carbocycles. The molecule has 512 valence electrons. The van der Waals surface area contributed by atoms with E-state index in [1.165, 1.54) is 374 Å². The van der Waals surface area contributed by atoms with Crippen LogP contribution in [0.5, 0.6) is 0 Å². The summed E-state index contributed by atoms with van der Waals surface area (Å²) in [6.07, 6.45) is 85.7. The molecule has 0 aliphatic carbocycles. The zero-order valence-corrected chi connectivity index (χ0v) is 61.6. The second-order valence-electron chi connectivity index (χ2n) is 27.6. The number of aryl methyl sites for hydroxylation is 4. The summed E-state index contributed by atoms with van der Waals surface area (Å²) in [4.78, 5) is 0. The topological polar surface area (TPSA) is 25.3 Å². The number of allylic oxidation sites excluding steroid dienone is 2. The summed E-state index contributed by atoms with van der Waals surface area (Å²) in [5, 5.41) is 0. The van der Waals surface area contributed by atoms with E-state index in [1.807, 2.05) is 0 Å². The van der Waals surface area contributed by atoms with Crippen molar-refractivity contribution < 1.29 is 21.2 Å². The van der Waals surface area contributed by atoms with E-state index in [4.69, 9.17) is 0 Å². The van der Waals surface area contributed by atoms with E-state index in [9.17, 15) is 5.53 Å². The molecular formula is C85H152N2Ni. The molecule has 88 heavy (non-hydrogen) atoms. The van der Waals surface area contributed by atoms with Crippen LogP contribution in [0.15, 0.2) is 48.0 Å². The number of hydrogen-bond donors (Lipinski definition) is 0. The zero-order valence-electron chi connectivity index (χ0n) is 60.6. The van der Waals surface area contributed by atoms with Gasteiger partial charge in [-0.15, -0.1) is 0 Å². The third kappa shape index (κ3) is 49.6. The maximum atomic E-state index is 11.5. The fourth-order valence-corrected chi connectivity index (χ4v) is 13.0. The smallest absolute Gasteiger partial charge is 0.493 e. The number of nitrogens with zero attached hydrogens (tertiary/aromatic N) is 2. The summed E-state index contributed by atoms with van der Waals surface area (Å²) in [6, 6.07) is 13.9. The largest absolute Gasteiger partial charge is 2.00 e. The van der Waals surface area contributed by atoms with Crippen LogP contribution in [0.3, 0.4) is 0 Å². The van der Waals surface area contributed by atoms with E-state index in [0.717, 1.165) is 66.6 Å². The van der Waals surface area contributed by atoms with Gasteiger partial charge in [0.25, 0.3) is 0 Å². The number of rotatable bonds is 60. The fourth-order valence-electron chi connectivity index (χ4n) is 13.0. The minimum absolute atomic E-state index is 0. The van der Waals surface area contributed by atoms with Crippen LogP contribution in [-0.2, 0) is 42.2 Å². The van der Waals surface area contributed by atoms with Crippen LogP contribution in [0.4, 0.5) is 0 Å². The van der Waals surface area contributed by atoms with Crippen LogP contribution in [-0.4, -0.2) is 4.70 Å². The Morgan fingerprint density at radius 3 is 0.670 bits per heavy atom. The van der Waals surface area contributed by atoms with E-state index in [2.05, 4.69) is 105 Å². The Morgan fingerprint density at radius 2 is 0.466 bits per heavy atom. The average Bonchev–Trinajstić information content (AvgIpc) is 3.08. The van der Waals surface area contributed by atoms with Gasteiger partial charge in [-0.05, 0) is 105 Å².